The van der Waals surface area contributed by atoms with Gasteiger partial charge in [0.15, 0.2) is 0 Å². The van der Waals surface area contributed by atoms with Gasteiger partial charge in [-0.3, -0.25) is 9.59 Å². The molecule has 1 aliphatic heterocycles. The van der Waals surface area contributed by atoms with Crippen molar-refractivity contribution in [3.8, 4) is 0 Å². The van der Waals surface area contributed by atoms with Crippen molar-refractivity contribution in [1.82, 2.24) is 10.2 Å². The number of carbonyl (C=O) groups excluding carboxylic acids is 2. The van der Waals surface area contributed by atoms with E-state index in [0.717, 1.165) is 11.5 Å². The molecule has 0 saturated carbocycles. The molecule has 0 aliphatic carbocycles. The van der Waals surface area contributed by atoms with Crippen LogP contribution in [0.15, 0.2) is 16.5 Å². The SMILES string of the molecule is COCCN1C[C@H](C(=O)NCCc2ccc(C)o2)CCC1=O. The zero-order valence-electron chi connectivity index (χ0n) is 13.3. The van der Waals surface area contributed by atoms with Crippen molar-refractivity contribution >= 4 is 11.8 Å². The van der Waals surface area contributed by atoms with Crippen LogP contribution in [-0.4, -0.2) is 50.1 Å². The lowest BCUT2D eigenvalue weighted by atomic mass is 9.96. The maximum Gasteiger partial charge on any atom is 0.224 e. The minimum Gasteiger partial charge on any atom is -0.466 e. The number of aryl methyl sites for hydroxylation is 1. The molecule has 0 aromatic carbocycles. The summed E-state index contributed by atoms with van der Waals surface area (Å²) in [5, 5.41) is 2.93. The van der Waals surface area contributed by atoms with Crippen LogP contribution in [-0.2, 0) is 20.7 Å². The second kappa shape index (κ2) is 7.98. The number of nitrogens with one attached hydrogen (secondary N) is 1. The van der Waals surface area contributed by atoms with Gasteiger partial charge in [0.25, 0.3) is 0 Å². The molecular weight excluding hydrogens is 284 g/mol. The van der Waals surface area contributed by atoms with Gasteiger partial charge >= 0.3 is 0 Å². The van der Waals surface area contributed by atoms with Crippen LogP contribution in [0.1, 0.15) is 24.4 Å². The van der Waals surface area contributed by atoms with Gasteiger partial charge in [-0.1, -0.05) is 0 Å². The number of carbonyl (C=O) groups is 2. The summed E-state index contributed by atoms with van der Waals surface area (Å²) in [5.41, 5.74) is 0. The summed E-state index contributed by atoms with van der Waals surface area (Å²) >= 11 is 0. The van der Waals surface area contributed by atoms with Crippen molar-refractivity contribution in [2.45, 2.75) is 26.2 Å². The average Bonchev–Trinajstić information content (AvgIpc) is 2.92. The minimum atomic E-state index is -0.132. The summed E-state index contributed by atoms with van der Waals surface area (Å²) in [6, 6.07) is 3.84. The molecule has 6 heteroatoms. The Morgan fingerprint density at radius 1 is 1.50 bits per heavy atom. The molecule has 1 aliphatic rings. The van der Waals surface area contributed by atoms with Crippen LogP contribution < -0.4 is 5.32 Å². The van der Waals surface area contributed by atoms with Crippen LogP contribution in [0.2, 0.25) is 0 Å². The molecule has 1 fully saturated rings. The molecule has 2 heterocycles. The summed E-state index contributed by atoms with van der Waals surface area (Å²) in [4.78, 5) is 25.7. The molecule has 0 spiro atoms. The average molecular weight is 308 g/mol. The highest BCUT2D eigenvalue weighted by atomic mass is 16.5. The number of amides is 2. The summed E-state index contributed by atoms with van der Waals surface area (Å²) in [7, 11) is 1.61. The Balaban J connectivity index is 1.75. The summed E-state index contributed by atoms with van der Waals surface area (Å²) < 4.78 is 10.5. The van der Waals surface area contributed by atoms with E-state index >= 15 is 0 Å². The number of piperidine rings is 1. The highest BCUT2D eigenvalue weighted by Gasteiger charge is 2.29. The topological polar surface area (TPSA) is 71.8 Å². The largest absolute Gasteiger partial charge is 0.466 e. The van der Waals surface area contributed by atoms with Gasteiger partial charge in [0, 0.05) is 39.6 Å². The van der Waals surface area contributed by atoms with Crippen LogP contribution in [0, 0.1) is 12.8 Å². The third-order valence-electron chi connectivity index (χ3n) is 3.90. The third kappa shape index (κ3) is 4.59. The normalized spacial score (nSPS) is 18.5. The number of rotatable bonds is 7. The van der Waals surface area contributed by atoms with E-state index in [9.17, 15) is 9.59 Å². The van der Waals surface area contributed by atoms with Crippen LogP contribution in [0.4, 0.5) is 0 Å². The molecule has 2 rings (SSSR count). The fraction of sp³-hybridized carbons (Fsp3) is 0.625. The van der Waals surface area contributed by atoms with Crippen molar-refractivity contribution in [1.29, 1.82) is 0 Å². The second-order valence-corrected chi connectivity index (χ2v) is 5.62. The molecule has 0 unspecified atom stereocenters. The van der Waals surface area contributed by atoms with Crippen LogP contribution >= 0.6 is 0 Å². The Kier molecular flexibility index (Phi) is 6.00. The first kappa shape index (κ1) is 16.5. The standard InChI is InChI=1S/C16H24N2O4/c1-12-3-5-14(22-12)7-8-17-16(20)13-4-6-15(19)18(11-13)9-10-21-2/h3,5,13H,4,6-11H2,1-2H3,(H,17,20)/t13-/m1/s1. The number of nitrogens with zero attached hydrogens (tertiary/aromatic N) is 1. The maximum atomic E-state index is 12.2. The van der Waals surface area contributed by atoms with Crippen LogP contribution in [0.3, 0.4) is 0 Å². The van der Waals surface area contributed by atoms with Crippen molar-refractivity contribution < 1.29 is 18.7 Å². The first-order chi connectivity index (χ1) is 10.6. The fourth-order valence-corrected chi connectivity index (χ4v) is 2.62. The molecule has 0 radical (unpaired) electrons. The summed E-state index contributed by atoms with van der Waals surface area (Å²) in [6.45, 7) is 3.97. The minimum absolute atomic E-state index is 0.0122. The molecule has 2 amide bonds. The molecule has 0 bridgehead atoms. The Labute approximate surface area is 130 Å². The Hall–Kier alpha value is -1.82. The van der Waals surface area contributed by atoms with E-state index in [1.165, 1.54) is 0 Å². The van der Waals surface area contributed by atoms with Crippen molar-refractivity contribution in [3.63, 3.8) is 0 Å². The number of likely N-dealkylation sites (tertiary alicyclic amines) is 1. The van der Waals surface area contributed by atoms with Gasteiger partial charge in [0.05, 0.1) is 12.5 Å². The fourth-order valence-electron chi connectivity index (χ4n) is 2.62. The summed E-state index contributed by atoms with van der Waals surface area (Å²) in [6.07, 6.45) is 1.73. The monoisotopic (exact) mass is 308 g/mol. The second-order valence-electron chi connectivity index (χ2n) is 5.62. The molecule has 1 atom stereocenters. The number of hydrogen-bond donors (Lipinski definition) is 1. The highest BCUT2D eigenvalue weighted by molar-refractivity contribution is 5.83. The van der Waals surface area contributed by atoms with Gasteiger partial charge in [0.2, 0.25) is 11.8 Å². The molecule has 1 saturated heterocycles. The van der Waals surface area contributed by atoms with E-state index in [4.69, 9.17) is 9.15 Å². The number of hydrogen-bond acceptors (Lipinski definition) is 4. The first-order valence-corrected chi connectivity index (χ1v) is 7.70. The molecule has 1 N–H and O–H groups in total. The zero-order chi connectivity index (χ0) is 15.9. The number of furan rings is 1. The lowest BCUT2D eigenvalue weighted by molar-refractivity contribution is -0.138. The van der Waals surface area contributed by atoms with E-state index in [1.807, 2.05) is 19.1 Å². The number of ether oxygens (including phenoxy) is 1. The van der Waals surface area contributed by atoms with Crippen molar-refractivity contribution in [2.75, 3.05) is 33.4 Å². The van der Waals surface area contributed by atoms with Crippen LogP contribution in [0.25, 0.3) is 0 Å². The lowest BCUT2D eigenvalue weighted by Gasteiger charge is -2.31. The Bertz CT molecular complexity index is 512. The molecule has 1 aromatic rings. The van der Waals surface area contributed by atoms with Crippen molar-refractivity contribution in [3.05, 3.63) is 23.7 Å². The van der Waals surface area contributed by atoms with E-state index in [1.54, 1.807) is 12.0 Å². The van der Waals surface area contributed by atoms with E-state index in [2.05, 4.69) is 5.32 Å². The zero-order valence-corrected chi connectivity index (χ0v) is 13.3. The van der Waals surface area contributed by atoms with Gasteiger partial charge in [-0.05, 0) is 25.5 Å². The third-order valence-corrected chi connectivity index (χ3v) is 3.90. The van der Waals surface area contributed by atoms with Gasteiger partial charge in [-0.2, -0.15) is 0 Å². The summed E-state index contributed by atoms with van der Waals surface area (Å²) in [5.74, 6) is 1.73. The van der Waals surface area contributed by atoms with E-state index < -0.39 is 0 Å². The predicted molar refractivity (Wildman–Crippen MR) is 81.3 cm³/mol. The molecule has 6 nitrogen and oxygen atoms in total. The highest BCUT2D eigenvalue weighted by Crippen LogP contribution is 2.17. The molecular formula is C16H24N2O4. The molecule has 122 valence electrons. The van der Waals surface area contributed by atoms with E-state index in [0.29, 0.717) is 45.5 Å². The van der Waals surface area contributed by atoms with Gasteiger partial charge in [0.1, 0.15) is 11.5 Å². The first-order valence-electron chi connectivity index (χ1n) is 7.70. The lowest BCUT2D eigenvalue weighted by Crippen LogP contribution is -2.47. The van der Waals surface area contributed by atoms with Gasteiger partial charge in [-0.15, -0.1) is 0 Å². The molecule has 1 aromatic heterocycles. The Morgan fingerprint density at radius 3 is 3.00 bits per heavy atom. The molecule has 22 heavy (non-hydrogen) atoms. The van der Waals surface area contributed by atoms with Gasteiger partial charge < -0.3 is 19.4 Å². The number of methoxy groups -OCH3 is 1. The quantitative estimate of drug-likeness (QED) is 0.819. The van der Waals surface area contributed by atoms with Crippen molar-refractivity contribution in [2.24, 2.45) is 5.92 Å². The van der Waals surface area contributed by atoms with E-state index in [-0.39, 0.29) is 17.7 Å². The smallest absolute Gasteiger partial charge is 0.224 e. The van der Waals surface area contributed by atoms with Gasteiger partial charge in [-0.25, -0.2) is 0 Å². The predicted octanol–water partition coefficient (Wildman–Crippen LogP) is 1.13. The Morgan fingerprint density at radius 2 is 2.32 bits per heavy atom. The van der Waals surface area contributed by atoms with Crippen LogP contribution in [0.5, 0.6) is 0 Å². The maximum absolute atomic E-state index is 12.2.